The number of hydrogen-bond donors (Lipinski definition) is 0. The summed E-state index contributed by atoms with van der Waals surface area (Å²) in [5.41, 5.74) is 0.911. The predicted molar refractivity (Wildman–Crippen MR) is 41.8 cm³/mol. The second kappa shape index (κ2) is 5.50. The zero-order valence-electron chi connectivity index (χ0n) is 7.60. The van der Waals surface area contributed by atoms with Gasteiger partial charge in [0, 0.05) is 12.4 Å². The number of nitrogens with zero attached hydrogens (tertiary/aromatic N) is 1. The maximum absolute atomic E-state index is 12.0. The average Bonchev–Trinajstić information content (AvgIpc) is 1.91. The van der Waals surface area contributed by atoms with Gasteiger partial charge < -0.3 is 12.9 Å². The van der Waals surface area contributed by atoms with Crippen LogP contribution in [0.2, 0.25) is 0 Å². The Bertz CT molecular complexity index is 277. The van der Waals surface area contributed by atoms with Crippen LogP contribution in [-0.4, -0.2) is 12.0 Å². The smallest absolute Gasteiger partial charge is 0.449 e. The van der Waals surface area contributed by atoms with Crippen LogP contribution in [0.5, 0.6) is 0 Å². The van der Waals surface area contributed by atoms with Crippen molar-refractivity contribution in [2.45, 2.75) is 13.2 Å². The van der Waals surface area contributed by atoms with Gasteiger partial charge in [0.05, 0.1) is 0 Å². The first-order chi connectivity index (χ1) is 5.49. The molecule has 0 aliphatic heterocycles. The molecule has 0 aliphatic rings. The van der Waals surface area contributed by atoms with E-state index in [-0.39, 0.29) is 51.4 Å². The number of aryl methyl sites for hydroxylation is 1. The van der Waals surface area contributed by atoms with Crippen molar-refractivity contribution in [3.8, 4) is 0 Å². The van der Waals surface area contributed by atoms with Gasteiger partial charge >= 0.3 is 58.4 Å². The fraction of sp³-hybridized carbons (Fsp3) is 0.286. The topological polar surface area (TPSA) is 12.9 Å². The van der Waals surface area contributed by atoms with Gasteiger partial charge in [0.1, 0.15) is 0 Å². The van der Waals surface area contributed by atoms with Crippen LogP contribution < -0.4 is 51.4 Å². The molecular formula is C7H8BF3KN. The molecule has 0 saturated carbocycles. The van der Waals surface area contributed by atoms with Crippen molar-refractivity contribution in [3.05, 3.63) is 29.6 Å². The van der Waals surface area contributed by atoms with Crippen LogP contribution in [-0.2, 0) is 6.32 Å². The Labute approximate surface area is 118 Å². The van der Waals surface area contributed by atoms with E-state index < -0.39 is 13.3 Å². The Kier molecular flexibility index (Phi) is 5.78. The summed E-state index contributed by atoms with van der Waals surface area (Å²) >= 11 is 0. The average molecular weight is 213 g/mol. The van der Waals surface area contributed by atoms with Crippen LogP contribution in [0.4, 0.5) is 12.9 Å². The van der Waals surface area contributed by atoms with Crippen LogP contribution >= 0.6 is 0 Å². The van der Waals surface area contributed by atoms with Gasteiger partial charge in [-0.05, 0) is 18.6 Å². The molecule has 0 spiro atoms. The molecule has 0 unspecified atom stereocenters. The van der Waals surface area contributed by atoms with E-state index in [9.17, 15) is 12.9 Å². The fourth-order valence-corrected chi connectivity index (χ4v) is 0.981. The molecule has 0 amide bonds. The molecule has 1 aromatic rings. The molecule has 0 aromatic carbocycles. The van der Waals surface area contributed by atoms with Gasteiger partial charge in [-0.2, -0.15) is 0 Å². The summed E-state index contributed by atoms with van der Waals surface area (Å²) in [6, 6.07) is 1.41. The largest absolute Gasteiger partial charge is 1.00 e. The molecule has 0 N–H and O–H groups in total. The molecule has 66 valence electrons. The van der Waals surface area contributed by atoms with Crippen LogP contribution in [0.25, 0.3) is 0 Å². The molecule has 0 bridgehead atoms. The van der Waals surface area contributed by atoms with E-state index in [0.717, 1.165) is 0 Å². The predicted octanol–water partition coefficient (Wildman–Crippen LogP) is -0.677. The minimum absolute atomic E-state index is 0. The van der Waals surface area contributed by atoms with Gasteiger partial charge in [-0.25, -0.2) is 0 Å². The molecule has 0 aliphatic carbocycles. The zero-order valence-corrected chi connectivity index (χ0v) is 10.7. The van der Waals surface area contributed by atoms with Gasteiger partial charge in [0.2, 0.25) is 0 Å². The molecule has 13 heavy (non-hydrogen) atoms. The number of rotatable bonds is 2. The van der Waals surface area contributed by atoms with Crippen molar-refractivity contribution in [2.24, 2.45) is 0 Å². The van der Waals surface area contributed by atoms with Crippen molar-refractivity contribution in [1.82, 2.24) is 4.98 Å². The second-order valence-electron chi connectivity index (χ2n) is 2.72. The fourth-order valence-electron chi connectivity index (χ4n) is 0.981. The first-order valence-corrected chi connectivity index (χ1v) is 3.59. The van der Waals surface area contributed by atoms with Crippen molar-refractivity contribution >= 4 is 6.98 Å². The van der Waals surface area contributed by atoms with E-state index in [0.29, 0.717) is 11.1 Å². The van der Waals surface area contributed by atoms with Gasteiger partial charge in [-0.3, -0.25) is 4.98 Å². The van der Waals surface area contributed by atoms with Crippen LogP contribution in [0.15, 0.2) is 18.5 Å². The van der Waals surface area contributed by atoms with Crippen molar-refractivity contribution < 1.29 is 64.3 Å². The van der Waals surface area contributed by atoms with Crippen LogP contribution in [0.1, 0.15) is 11.1 Å². The summed E-state index contributed by atoms with van der Waals surface area (Å²) < 4.78 is 35.9. The quantitative estimate of drug-likeness (QED) is 0.593. The summed E-state index contributed by atoms with van der Waals surface area (Å²) in [5, 5.41) is 0. The molecule has 1 heterocycles. The van der Waals surface area contributed by atoms with E-state index in [1.807, 2.05) is 0 Å². The number of pyridine rings is 1. The monoisotopic (exact) mass is 213 g/mol. The summed E-state index contributed by atoms with van der Waals surface area (Å²) in [4.78, 5) is 3.71. The summed E-state index contributed by atoms with van der Waals surface area (Å²) in [6.45, 7) is -3.10. The molecule has 1 nitrogen and oxygen atoms in total. The maximum atomic E-state index is 12.0. The Morgan fingerprint density at radius 1 is 1.38 bits per heavy atom. The summed E-state index contributed by atoms with van der Waals surface area (Å²) in [5.74, 6) is 0. The van der Waals surface area contributed by atoms with Crippen molar-refractivity contribution in [3.63, 3.8) is 0 Å². The Hall–Kier alpha value is 0.641. The van der Waals surface area contributed by atoms with E-state index in [1.54, 1.807) is 6.92 Å². The molecule has 0 radical (unpaired) electrons. The van der Waals surface area contributed by atoms with Gasteiger partial charge in [-0.1, -0.05) is 11.9 Å². The number of aromatic nitrogens is 1. The van der Waals surface area contributed by atoms with E-state index in [4.69, 9.17) is 0 Å². The maximum Gasteiger partial charge on any atom is 1.00 e. The minimum atomic E-state index is -4.73. The van der Waals surface area contributed by atoms with E-state index in [1.165, 1.54) is 18.5 Å². The van der Waals surface area contributed by atoms with Gasteiger partial charge in [0.25, 0.3) is 0 Å². The standard InChI is InChI=1S/C7H8BF3N.K/c1-6-5-12-3-2-7(6)4-8(9,10)11;/h2-3,5H,4H2,1H3;/q-1;+1. The minimum Gasteiger partial charge on any atom is -0.449 e. The van der Waals surface area contributed by atoms with E-state index >= 15 is 0 Å². The van der Waals surface area contributed by atoms with E-state index in [2.05, 4.69) is 4.98 Å². The molecule has 1 rings (SSSR count). The van der Waals surface area contributed by atoms with Crippen LogP contribution in [0, 0.1) is 6.92 Å². The summed E-state index contributed by atoms with van der Waals surface area (Å²) in [6.07, 6.45) is 2.01. The molecule has 0 saturated heterocycles. The Balaban J connectivity index is 0.00000144. The molecular weight excluding hydrogens is 205 g/mol. The zero-order chi connectivity index (χ0) is 9.19. The third kappa shape index (κ3) is 5.17. The third-order valence-electron chi connectivity index (χ3n) is 1.59. The SMILES string of the molecule is Cc1cnccc1C[B-](F)(F)F.[K+]. The normalized spacial score (nSPS) is 10.8. The Morgan fingerprint density at radius 2 is 2.00 bits per heavy atom. The number of hydrogen-bond acceptors (Lipinski definition) is 1. The molecule has 0 atom stereocenters. The second-order valence-corrected chi connectivity index (χ2v) is 2.72. The van der Waals surface area contributed by atoms with Gasteiger partial charge in [0.15, 0.2) is 0 Å². The van der Waals surface area contributed by atoms with Crippen molar-refractivity contribution in [1.29, 1.82) is 0 Å². The first-order valence-electron chi connectivity index (χ1n) is 3.59. The summed E-state index contributed by atoms with van der Waals surface area (Å²) in [7, 11) is 0. The van der Waals surface area contributed by atoms with Crippen LogP contribution in [0.3, 0.4) is 0 Å². The molecule has 1 aromatic heterocycles. The molecule has 6 heteroatoms. The molecule has 0 fully saturated rings. The third-order valence-corrected chi connectivity index (χ3v) is 1.59. The number of halogens is 3. The van der Waals surface area contributed by atoms with Gasteiger partial charge in [-0.15, -0.1) is 0 Å². The van der Waals surface area contributed by atoms with Crippen molar-refractivity contribution in [2.75, 3.05) is 0 Å². The first kappa shape index (κ1) is 13.6. The Morgan fingerprint density at radius 3 is 2.46 bits per heavy atom.